The molecule has 2 aromatic rings. The van der Waals surface area contributed by atoms with Crippen LogP contribution in [-0.4, -0.2) is 40.5 Å². The van der Waals surface area contributed by atoms with Crippen molar-refractivity contribution in [1.82, 2.24) is 14.9 Å². The molecule has 0 aliphatic carbocycles. The van der Waals surface area contributed by atoms with E-state index in [1.54, 1.807) is 6.26 Å². The zero-order chi connectivity index (χ0) is 15.1. The zero-order valence-corrected chi connectivity index (χ0v) is 12.9. The van der Waals surface area contributed by atoms with Gasteiger partial charge in [-0.3, -0.25) is 4.90 Å². The number of aromatic nitrogens is 2. The summed E-state index contributed by atoms with van der Waals surface area (Å²) in [5.41, 5.74) is 7.95. The molecule has 5 heterocycles. The molecule has 2 N–H and O–H groups in total. The van der Waals surface area contributed by atoms with Gasteiger partial charge in [-0.1, -0.05) is 0 Å². The molecule has 3 aliphatic heterocycles. The van der Waals surface area contributed by atoms with Gasteiger partial charge in [0.25, 0.3) is 0 Å². The second-order valence-corrected chi connectivity index (χ2v) is 6.48. The van der Waals surface area contributed by atoms with Gasteiger partial charge in [-0.15, -0.1) is 0 Å². The maximum Gasteiger partial charge on any atom is 0.152 e. The third-order valence-electron chi connectivity index (χ3n) is 5.16. The number of rotatable bonds is 3. The Morgan fingerprint density at radius 3 is 3.00 bits per heavy atom. The second kappa shape index (κ2) is 5.48. The molecule has 2 aromatic heterocycles. The van der Waals surface area contributed by atoms with Crippen LogP contribution in [0.15, 0.2) is 28.9 Å². The lowest BCUT2D eigenvalue weighted by atomic mass is 9.74. The van der Waals surface area contributed by atoms with E-state index in [2.05, 4.69) is 16.0 Å². The number of hydrogen-bond donors (Lipinski definition) is 1. The van der Waals surface area contributed by atoms with Crippen molar-refractivity contribution in [1.29, 1.82) is 0 Å². The maximum absolute atomic E-state index is 5.91. The lowest BCUT2D eigenvalue weighted by Gasteiger charge is -2.49. The van der Waals surface area contributed by atoms with Crippen molar-refractivity contribution in [3.05, 3.63) is 36.0 Å². The minimum absolute atomic E-state index is 0.493. The van der Waals surface area contributed by atoms with Gasteiger partial charge >= 0.3 is 0 Å². The summed E-state index contributed by atoms with van der Waals surface area (Å²) in [4.78, 5) is 11.8. The molecule has 0 saturated carbocycles. The van der Waals surface area contributed by atoms with Gasteiger partial charge in [0.1, 0.15) is 11.5 Å². The number of nitrogens with two attached hydrogens (primary N) is 1. The molecule has 22 heavy (non-hydrogen) atoms. The van der Waals surface area contributed by atoms with E-state index in [1.165, 1.54) is 19.4 Å². The Morgan fingerprint density at radius 2 is 2.32 bits per heavy atom. The SMILES string of the molecule is Cc1nc(-c2ccco2)cc([C@@H]2CN3CC[C@H]2C[C@@H]3CN)n1. The molecule has 0 aromatic carbocycles. The minimum Gasteiger partial charge on any atom is -0.463 e. The average Bonchev–Trinajstić information content (AvgIpc) is 3.09. The first kappa shape index (κ1) is 13.9. The lowest BCUT2D eigenvalue weighted by molar-refractivity contribution is 0.0333. The van der Waals surface area contributed by atoms with Gasteiger partial charge in [0.15, 0.2) is 5.76 Å². The molecule has 116 valence electrons. The van der Waals surface area contributed by atoms with E-state index in [1.807, 2.05) is 19.1 Å². The van der Waals surface area contributed by atoms with Crippen LogP contribution in [-0.2, 0) is 0 Å². The summed E-state index contributed by atoms with van der Waals surface area (Å²) >= 11 is 0. The van der Waals surface area contributed by atoms with Crippen LogP contribution in [0.3, 0.4) is 0 Å². The molecule has 2 bridgehead atoms. The standard InChI is InChI=1S/C17H22N4O/c1-11-19-15(8-16(20-11)17-3-2-6-22-17)14-10-21-5-4-12(14)7-13(21)9-18/h2-3,6,8,12-14H,4-5,7,9-10,18H2,1H3/t12-,13+,14+/m0/s1. The average molecular weight is 298 g/mol. The predicted molar refractivity (Wildman–Crippen MR) is 84.4 cm³/mol. The van der Waals surface area contributed by atoms with Crippen molar-refractivity contribution >= 4 is 0 Å². The maximum atomic E-state index is 5.91. The van der Waals surface area contributed by atoms with Crippen LogP contribution in [0, 0.1) is 12.8 Å². The largest absolute Gasteiger partial charge is 0.463 e. The fraction of sp³-hybridized carbons (Fsp3) is 0.529. The number of nitrogens with zero attached hydrogens (tertiary/aromatic N) is 3. The van der Waals surface area contributed by atoms with E-state index in [9.17, 15) is 0 Å². The van der Waals surface area contributed by atoms with Crippen molar-refractivity contribution in [2.75, 3.05) is 19.6 Å². The molecule has 3 aliphatic rings. The topological polar surface area (TPSA) is 68.2 Å². The van der Waals surface area contributed by atoms with E-state index in [0.717, 1.165) is 36.1 Å². The molecule has 0 spiro atoms. The Labute approximate surface area is 130 Å². The summed E-state index contributed by atoms with van der Waals surface area (Å²) in [7, 11) is 0. The van der Waals surface area contributed by atoms with Crippen molar-refractivity contribution < 1.29 is 4.42 Å². The molecule has 0 radical (unpaired) electrons. The molecule has 3 saturated heterocycles. The van der Waals surface area contributed by atoms with Crippen LogP contribution in [0.2, 0.25) is 0 Å². The van der Waals surface area contributed by atoms with E-state index in [4.69, 9.17) is 15.1 Å². The first-order valence-corrected chi connectivity index (χ1v) is 8.08. The molecular weight excluding hydrogens is 276 g/mol. The van der Waals surface area contributed by atoms with Crippen LogP contribution in [0.5, 0.6) is 0 Å². The summed E-state index contributed by atoms with van der Waals surface area (Å²) < 4.78 is 5.50. The van der Waals surface area contributed by atoms with E-state index < -0.39 is 0 Å². The van der Waals surface area contributed by atoms with Gasteiger partial charge in [-0.05, 0) is 50.4 Å². The summed E-state index contributed by atoms with van der Waals surface area (Å²) in [6.45, 7) is 4.97. The van der Waals surface area contributed by atoms with Gasteiger partial charge in [0.05, 0.1) is 6.26 Å². The normalized spacial score (nSPS) is 30.6. The Hall–Kier alpha value is -1.72. The highest BCUT2D eigenvalue weighted by Crippen LogP contribution is 2.41. The molecule has 0 amide bonds. The molecule has 4 atom stereocenters. The Morgan fingerprint density at radius 1 is 1.41 bits per heavy atom. The van der Waals surface area contributed by atoms with Gasteiger partial charge in [0, 0.05) is 30.7 Å². The fourth-order valence-electron chi connectivity index (χ4n) is 4.05. The van der Waals surface area contributed by atoms with Gasteiger partial charge in [-0.25, -0.2) is 9.97 Å². The van der Waals surface area contributed by atoms with Crippen LogP contribution < -0.4 is 5.73 Å². The van der Waals surface area contributed by atoms with Crippen molar-refractivity contribution in [3.63, 3.8) is 0 Å². The van der Waals surface area contributed by atoms with Crippen molar-refractivity contribution in [3.8, 4) is 11.5 Å². The lowest BCUT2D eigenvalue weighted by Crippen LogP contribution is -2.55. The number of piperidine rings is 3. The van der Waals surface area contributed by atoms with Gasteiger partial charge < -0.3 is 10.2 Å². The van der Waals surface area contributed by atoms with Gasteiger partial charge in [0.2, 0.25) is 0 Å². The smallest absolute Gasteiger partial charge is 0.152 e. The third-order valence-corrected chi connectivity index (χ3v) is 5.16. The molecule has 5 nitrogen and oxygen atoms in total. The first-order valence-electron chi connectivity index (χ1n) is 8.08. The third kappa shape index (κ3) is 2.34. The first-order chi connectivity index (χ1) is 10.7. The van der Waals surface area contributed by atoms with E-state index in [-0.39, 0.29) is 0 Å². The molecule has 3 fully saturated rings. The Balaban J connectivity index is 1.66. The van der Waals surface area contributed by atoms with E-state index >= 15 is 0 Å². The second-order valence-electron chi connectivity index (χ2n) is 6.48. The fourth-order valence-corrected chi connectivity index (χ4v) is 4.05. The zero-order valence-electron chi connectivity index (χ0n) is 12.9. The van der Waals surface area contributed by atoms with Crippen molar-refractivity contribution in [2.24, 2.45) is 11.7 Å². The van der Waals surface area contributed by atoms with Crippen LogP contribution >= 0.6 is 0 Å². The number of fused-ring (bicyclic) bond motifs is 3. The number of hydrogen-bond acceptors (Lipinski definition) is 5. The highest BCUT2D eigenvalue weighted by molar-refractivity contribution is 5.52. The molecular formula is C17H22N4O. The van der Waals surface area contributed by atoms with E-state index in [0.29, 0.717) is 17.9 Å². The summed E-state index contributed by atoms with van der Waals surface area (Å²) in [5.74, 6) is 2.81. The minimum atomic E-state index is 0.493. The summed E-state index contributed by atoms with van der Waals surface area (Å²) in [6.07, 6.45) is 4.13. The Bertz CT molecular complexity index is 655. The number of aryl methyl sites for hydroxylation is 1. The highest BCUT2D eigenvalue weighted by Gasteiger charge is 2.40. The van der Waals surface area contributed by atoms with Crippen LogP contribution in [0.1, 0.15) is 30.3 Å². The predicted octanol–water partition coefficient (Wildman–Crippen LogP) is 2.18. The molecule has 1 unspecified atom stereocenters. The van der Waals surface area contributed by atoms with Crippen LogP contribution in [0.25, 0.3) is 11.5 Å². The Kier molecular flexibility index (Phi) is 3.47. The summed E-state index contributed by atoms with van der Waals surface area (Å²) in [6, 6.07) is 6.51. The molecule has 5 heteroatoms. The van der Waals surface area contributed by atoms with Gasteiger partial charge in [-0.2, -0.15) is 0 Å². The summed E-state index contributed by atoms with van der Waals surface area (Å²) in [5, 5.41) is 0. The molecule has 5 rings (SSSR count). The monoisotopic (exact) mass is 298 g/mol. The highest BCUT2D eigenvalue weighted by atomic mass is 16.3. The van der Waals surface area contributed by atoms with Crippen molar-refractivity contribution in [2.45, 2.75) is 31.7 Å². The number of furan rings is 1. The quantitative estimate of drug-likeness (QED) is 0.940. The van der Waals surface area contributed by atoms with Crippen LogP contribution in [0.4, 0.5) is 0 Å².